The summed E-state index contributed by atoms with van der Waals surface area (Å²) in [5.41, 5.74) is 0.928. The minimum Gasteiger partial charge on any atom is -0.384 e. The summed E-state index contributed by atoms with van der Waals surface area (Å²) in [5, 5.41) is 12.2. The predicted octanol–water partition coefficient (Wildman–Crippen LogP) is 5.66. The fourth-order valence-corrected chi connectivity index (χ4v) is 4.82. The lowest BCUT2D eigenvalue weighted by atomic mass is 9.78. The number of hydrogen-bond donors (Lipinski definition) is 1. The molecule has 0 radical (unpaired) electrons. The first-order valence-electron chi connectivity index (χ1n) is 14.7. The van der Waals surface area contributed by atoms with Crippen LogP contribution in [0.15, 0.2) is 121 Å². The summed E-state index contributed by atoms with van der Waals surface area (Å²) in [4.78, 5) is 13.9. The van der Waals surface area contributed by atoms with Crippen molar-refractivity contribution in [2.75, 3.05) is 6.61 Å². The quantitative estimate of drug-likeness (QED) is 0.230. The maximum absolute atomic E-state index is 13.9. The van der Waals surface area contributed by atoms with E-state index >= 15 is 0 Å². The molecule has 4 atom stereocenters. The highest BCUT2D eigenvalue weighted by atomic mass is 16.6. The number of ketones is 1. The van der Waals surface area contributed by atoms with Gasteiger partial charge in [0, 0.05) is 9.11 Å². The van der Waals surface area contributed by atoms with Gasteiger partial charge in [0.2, 0.25) is 0 Å². The lowest BCUT2D eigenvalue weighted by Gasteiger charge is -2.46. The van der Waals surface area contributed by atoms with Gasteiger partial charge in [-0.1, -0.05) is 121 Å². The number of ether oxygens (including phenoxy) is 4. The first-order valence-corrected chi connectivity index (χ1v) is 13.7. The Hall–Kier alpha value is -3.65. The van der Waals surface area contributed by atoms with E-state index in [0.717, 1.165) is 22.3 Å². The highest BCUT2D eigenvalue weighted by molar-refractivity contribution is 5.86. The van der Waals surface area contributed by atoms with Gasteiger partial charge in [-0.2, -0.15) is 0 Å². The van der Waals surface area contributed by atoms with Crippen LogP contribution in [0.5, 0.6) is 0 Å². The summed E-state index contributed by atoms with van der Waals surface area (Å²) in [7, 11) is 0. The zero-order valence-electron chi connectivity index (χ0n) is 24.8. The van der Waals surface area contributed by atoms with E-state index in [9.17, 15) is 9.90 Å². The predicted molar refractivity (Wildman–Crippen MR) is 156 cm³/mol. The van der Waals surface area contributed by atoms with Crippen LogP contribution in [0.1, 0.15) is 31.4 Å². The van der Waals surface area contributed by atoms with E-state index in [1.165, 1.54) is 0 Å². The third-order valence-corrected chi connectivity index (χ3v) is 6.93. The van der Waals surface area contributed by atoms with Crippen LogP contribution in [-0.4, -0.2) is 41.4 Å². The zero-order chi connectivity index (χ0) is 30.1. The highest BCUT2D eigenvalue weighted by Gasteiger charge is 2.55. The van der Waals surface area contributed by atoms with Crippen LogP contribution >= 0.6 is 0 Å². The Bertz CT molecular complexity index is 1420. The topological polar surface area (TPSA) is 74.2 Å². The Morgan fingerprint density at radius 3 is 1.54 bits per heavy atom. The van der Waals surface area contributed by atoms with Gasteiger partial charge in [0.1, 0.15) is 23.9 Å². The third-order valence-electron chi connectivity index (χ3n) is 6.93. The summed E-state index contributed by atoms with van der Waals surface area (Å²) in [6, 6.07) is 37.5. The minimum atomic E-state index is -2.78. The summed E-state index contributed by atoms with van der Waals surface area (Å²) in [6.07, 6.45) is -6.59. The molecule has 0 unspecified atom stereocenters. The second-order valence-corrected chi connectivity index (χ2v) is 10.1. The average molecular weight is 555 g/mol. The van der Waals surface area contributed by atoms with Crippen LogP contribution in [0, 0.1) is 0 Å². The molecule has 0 aromatic heterocycles. The van der Waals surface area contributed by atoms with Crippen LogP contribution in [0.25, 0.3) is 0 Å². The molecule has 41 heavy (non-hydrogen) atoms. The van der Waals surface area contributed by atoms with Crippen molar-refractivity contribution in [2.45, 2.75) is 56.7 Å². The first kappa shape index (κ1) is 26.3. The standard InChI is InChI=1S/C35H36O6/c36-31-21-35(37,26-38-22-27-13-5-1-6-14-27)34(41-25-30-19-11-4-12-20-30)33(40-24-29-17-9-3-10-18-29)32(31)39-23-28-15-7-2-8-16-28/h1-20,32-34,37H,21-26H2/t32-,33-,34+,35+/m1/s1/i21D2. The fraction of sp³-hybridized carbons (Fsp3) is 0.286. The number of carbonyl (C=O) groups excluding carboxylic acids is 1. The van der Waals surface area contributed by atoms with Crippen LogP contribution in [0.4, 0.5) is 0 Å². The van der Waals surface area contributed by atoms with Crippen molar-refractivity contribution in [1.82, 2.24) is 0 Å². The summed E-state index contributed by atoms with van der Waals surface area (Å²) in [6.45, 7) is -0.196. The van der Waals surface area contributed by atoms with Crippen molar-refractivity contribution in [2.24, 2.45) is 0 Å². The van der Waals surface area contributed by atoms with Crippen molar-refractivity contribution in [3.05, 3.63) is 144 Å². The Morgan fingerprint density at radius 2 is 1.05 bits per heavy atom. The molecule has 6 heteroatoms. The summed E-state index contributed by atoms with van der Waals surface area (Å²) in [5.74, 6) is -0.924. The second-order valence-electron chi connectivity index (χ2n) is 10.1. The van der Waals surface area contributed by atoms with Crippen molar-refractivity contribution in [1.29, 1.82) is 0 Å². The monoisotopic (exact) mass is 554 g/mol. The molecule has 4 aromatic rings. The van der Waals surface area contributed by atoms with Gasteiger partial charge in [-0.3, -0.25) is 4.79 Å². The number of Topliss-reactive ketones (excluding diaryl/α,β-unsaturated/α-hetero) is 1. The number of benzene rings is 4. The van der Waals surface area contributed by atoms with Crippen LogP contribution in [-0.2, 0) is 50.2 Å². The molecule has 0 spiro atoms. The molecule has 4 aromatic carbocycles. The SMILES string of the molecule is [2H]C1([2H])C(=O)[C@@H](OCc2ccccc2)[C@@H](OCc2ccccc2)[C@H](OCc2ccccc2)[C@@]1(O)COCc1ccccc1. The van der Waals surface area contributed by atoms with Gasteiger partial charge in [0.25, 0.3) is 0 Å². The Morgan fingerprint density at radius 1 is 0.634 bits per heavy atom. The molecule has 1 aliphatic rings. The Labute approximate surface area is 244 Å². The first-order chi connectivity index (χ1) is 20.9. The smallest absolute Gasteiger partial charge is 0.167 e. The second kappa shape index (κ2) is 14.3. The molecular weight excluding hydrogens is 516 g/mol. The van der Waals surface area contributed by atoms with E-state index < -0.39 is 42.7 Å². The third kappa shape index (κ3) is 7.97. The van der Waals surface area contributed by atoms with Crippen molar-refractivity contribution in [3.63, 3.8) is 0 Å². The molecule has 212 valence electrons. The van der Waals surface area contributed by atoms with E-state index in [2.05, 4.69) is 0 Å². The zero-order valence-corrected chi connectivity index (χ0v) is 22.8. The molecule has 0 aliphatic heterocycles. The van der Waals surface area contributed by atoms with Gasteiger partial charge in [-0.25, -0.2) is 0 Å². The lowest BCUT2D eigenvalue weighted by Crippen LogP contribution is -2.65. The van der Waals surface area contributed by atoms with Crippen LogP contribution in [0.3, 0.4) is 0 Å². The van der Waals surface area contributed by atoms with Crippen molar-refractivity contribution in [3.8, 4) is 0 Å². The number of aliphatic hydroxyl groups is 1. The molecule has 6 nitrogen and oxygen atoms in total. The van der Waals surface area contributed by atoms with E-state index in [0.29, 0.717) is 0 Å². The average Bonchev–Trinajstić information content (AvgIpc) is 3.04. The molecule has 0 saturated heterocycles. The lowest BCUT2D eigenvalue weighted by molar-refractivity contribution is -0.240. The van der Waals surface area contributed by atoms with E-state index in [-0.39, 0.29) is 26.4 Å². The van der Waals surface area contributed by atoms with Gasteiger partial charge in [0.05, 0.1) is 33.0 Å². The molecule has 1 aliphatic carbocycles. The fourth-order valence-electron chi connectivity index (χ4n) is 4.82. The maximum atomic E-state index is 13.9. The Balaban J connectivity index is 1.48. The van der Waals surface area contributed by atoms with Gasteiger partial charge in [0.15, 0.2) is 5.78 Å². The largest absolute Gasteiger partial charge is 0.384 e. The Kier molecular flexibility index (Phi) is 9.16. The normalized spacial score (nSPS) is 24.4. The molecule has 0 heterocycles. The number of rotatable bonds is 13. The van der Waals surface area contributed by atoms with Crippen molar-refractivity contribution >= 4 is 5.78 Å². The summed E-state index contributed by atoms with van der Waals surface area (Å²) < 4.78 is 42.6. The molecule has 0 bridgehead atoms. The number of carbonyl (C=O) groups is 1. The molecule has 1 N–H and O–H groups in total. The highest BCUT2D eigenvalue weighted by Crippen LogP contribution is 2.35. The van der Waals surface area contributed by atoms with E-state index in [4.69, 9.17) is 21.7 Å². The number of hydrogen-bond acceptors (Lipinski definition) is 6. The van der Waals surface area contributed by atoms with Crippen LogP contribution < -0.4 is 0 Å². The van der Waals surface area contributed by atoms with Gasteiger partial charge in [-0.15, -0.1) is 0 Å². The van der Waals surface area contributed by atoms with E-state index in [1.807, 2.05) is 121 Å². The maximum Gasteiger partial charge on any atom is 0.167 e. The molecule has 1 saturated carbocycles. The molecule has 0 amide bonds. The van der Waals surface area contributed by atoms with Crippen molar-refractivity contribution < 1.29 is 31.6 Å². The van der Waals surface area contributed by atoms with Crippen LogP contribution in [0.2, 0.25) is 0 Å². The van der Waals surface area contributed by atoms with Gasteiger partial charge >= 0.3 is 0 Å². The summed E-state index contributed by atoms with van der Waals surface area (Å²) >= 11 is 0. The van der Waals surface area contributed by atoms with Gasteiger partial charge < -0.3 is 24.1 Å². The molecule has 1 fully saturated rings. The van der Waals surface area contributed by atoms with E-state index in [1.54, 1.807) is 0 Å². The minimum absolute atomic E-state index is 0.0485. The molecular formula is C35H36O6. The van der Waals surface area contributed by atoms with Gasteiger partial charge in [-0.05, 0) is 22.3 Å². The molecule has 5 rings (SSSR count).